The van der Waals surface area contributed by atoms with Crippen molar-refractivity contribution in [3.8, 4) is 16.9 Å². The molecule has 7 nitrogen and oxygen atoms in total. The number of carbonyl (C=O) groups excluding carboxylic acids is 2. The summed E-state index contributed by atoms with van der Waals surface area (Å²) in [7, 11) is 1.91. The van der Waals surface area contributed by atoms with E-state index in [0.29, 0.717) is 52.6 Å². The first-order valence-electron chi connectivity index (χ1n) is 11.7. The zero-order valence-electron chi connectivity index (χ0n) is 19.4. The predicted octanol–water partition coefficient (Wildman–Crippen LogP) is 4.37. The van der Waals surface area contributed by atoms with Gasteiger partial charge in [-0.2, -0.15) is 0 Å². The van der Waals surface area contributed by atoms with Crippen LogP contribution in [-0.4, -0.2) is 48.3 Å². The molecule has 0 spiro atoms. The van der Waals surface area contributed by atoms with Crippen molar-refractivity contribution in [1.82, 2.24) is 15.2 Å². The summed E-state index contributed by atoms with van der Waals surface area (Å²) >= 11 is 6.53. The number of rotatable bonds is 9. The average molecular weight is 492 g/mol. The molecule has 0 fully saturated rings. The Balaban J connectivity index is 1.82. The van der Waals surface area contributed by atoms with Gasteiger partial charge in [-0.25, -0.2) is 0 Å². The third-order valence-corrected chi connectivity index (χ3v) is 6.68. The topological polar surface area (TPSA) is 92.6 Å². The van der Waals surface area contributed by atoms with Crippen molar-refractivity contribution >= 4 is 45.2 Å². The summed E-state index contributed by atoms with van der Waals surface area (Å²) in [5.41, 5.74) is 3.86. The average Bonchev–Trinajstić information content (AvgIpc) is 3.32. The van der Waals surface area contributed by atoms with Gasteiger partial charge < -0.3 is 19.7 Å². The van der Waals surface area contributed by atoms with Crippen LogP contribution >= 0.6 is 11.6 Å². The highest BCUT2D eigenvalue weighted by atomic mass is 35.5. The molecule has 1 aromatic heterocycles. The first kappa shape index (κ1) is 23.4. The molecule has 2 heterocycles. The number of aliphatic hydroxyl groups excluding tert-OH is 1. The van der Waals surface area contributed by atoms with E-state index in [0.717, 1.165) is 34.8 Å². The standard InChI is InChI=1S/C27H26ClN3O4/c1-29-10-4-11-31-21-14-16(35-13-5-12-32)8-9-18(21)23-22(31)15-19(17-6-2-3-7-20(17)28)24-25(23)27(34)30-26(24)33/h2-3,6-9,14-15,29,32H,4-5,10-13H2,1H3,(H,30,33,34). The smallest absolute Gasteiger partial charge is 0.259 e. The lowest BCUT2D eigenvalue weighted by atomic mass is 9.93. The Morgan fingerprint density at radius 3 is 2.57 bits per heavy atom. The number of hydrogen-bond acceptors (Lipinski definition) is 5. The molecule has 35 heavy (non-hydrogen) atoms. The maximum Gasteiger partial charge on any atom is 0.259 e. The van der Waals surface area contributed by atoms with Crippen LogP contribution in [0.3, 0.4) is 0 Å². The Hall–Kier alpha value is -3.39. The van der Waals surface area contributed by atoms with Crippen LogP contribution in [0.1, 0.15) is 33.6 Å². The molecule has 0 saturated heterocycles. The number of carbonyl (C=O) groups is 2. The van der Waals surface area contributed by atoms with Crippen LogP contribution < -0.4 is 15.4 Å². The minimum atomic E-state index is -0.415. The summed E-state index contributed by atoms with van der Waals surface area (Å²) in [6.45, 7) is 2.00. The number of nitrogens with one attached hydrogen (secondary N) is 2. The molecule has 0 saturated carbocycles. The number of aryl methyl sites for hydroxylation is 1. The van der Waals surface area contributed by atoms with Gasteiger partial charge in [-0.1, -0.05) is 29.8 Å². The van der Waals surface area contributed by atoms with E-state index in [1.54, 1.807) is 6.07 Å². The summed E-state index contributed by atoms with van der Waals surface area (Å²) in [5, 5.41) is 16.9. The number of benzene rings is 3. The zero-order valence-corrected chi connectivity index (χ0v) is 20.1. The number of hydrogen-bond donors (Lipinski definition) is 3. The number of aromatic nitrogens is 1. The summed E-state index contributed by atoms with van der Waals surface area (Å²) in [4.78, 5) is 26.0. The molecule has 0 aliphatic carbocycles. The van der Waals surface area contributed by atoms with Crippen LogP contribution in [0.5, 0.6) is 5.75 Å². The molecule has 1 aliphatic heterocycles. The largest absolute Gasteiger partial charge is 0.493 e. The summed E-state index contributed by atoms with van der Waals surface area (Å²) in [6, 6.07) is 15.1. The highest BCUT2D eigenvalue weighted by molar-refractivity contribution is 6.36. The fourth-order valence-corrected chi connectivity index (χ4v) is 5.05. The van der Waals surface area contributed by atoms with Crippen LogP contribution in [0, 0.1) is 0 Å². The Morgan fingerprint density at radius 1 is 1.00 bits per heavy atom. The van der Waals surface area contributed by atoms with Crippen molar-refractivity contribution in [2.75, 3.05) is 26.8 Å². The van der Waals surface area contributed by atoms with Crippen LogP contribution in [0.2, 0.25) is 5.02 Å². The SMILES string of the molecule is CNCCCn1c2cc(OCCCO)ccc2c2c3c(c(-c4ccccc4Cl)cc21)C(=O)NC3=O. The highest BCUT2D eigenvalue weighted by Crippen LogP contribution is 2.42. The van der Waals surface area contributed by atoms with Crippen molar-refractivity contribution in [3.05, 3.63) is 64.7 Å². The molecular weight excluding hydrogens is 466 g/mol. The third kappa shape index (κ3) is 4.05. The van der Waals surface area contributed by atoms with E-state index < -0.39 is 11.8 Å². The molecule has 5 rings (SSSR count). The number of nitrogens with zero attached hydrogens (tertiary/aromatic N) is 1. The molecule has 0 bridgehead atoms. The molecule has 2 amide bonds. The Bertz CT molecular complexity index is 1460. The quantitative estimate of drug-likeness (QED) is 0.239. The van der Waals surface area contributed by atoms with Gasteiger partial charge in [-0.3, -0.25) is 14.9 Å². The number of ether oxygens (including phenoxy) is 1. The van der Waals surface area contributed by atoms with Gasteiger partial charge in [-0.15, -0.1) is 0 Å². The molecule has 0 unspecified atom stereocenters. The first-order chi connectivity index (χ1) is 17.0. The van der Waals surface area contributed by atoms with E-state index in [-0.39, 0.29) is 6.61 Å². The van der Waals surface area contributed by atoms with Gasteiger partial charge in [0.05, 0.1) is 28.8 Å². The minimum absolute atomic E-state index is 0.0621. The number of imide groups is 1. The van der Waals surface area contributed by atoms with Crippen molar-refractivity contribution in [3.63, 3.8) is 0 Å². The van der Waals surface area contributed by atoms with Crippen molar-refractivity contribution < 1.29 is 19.4 Å². The molecule has 8 heteroatoms. The molecule has 3 aromatic carbocycles. The lowest BCUT2D eigenvalue weighted by Crippen LogP contribution is -2.20. The summed E-state index contributed by atoms with van der Waals surface area (Å²) in [5.74, 6) is -0.129. The molecule has 180 valence electrons. The van der Waals surface area contributed by atoms with E-state index in [1.807, 2.05) is 49.5 Å². The van der Waals surface area contributed by atoms with E-state index in [9.17, 15) is 9.59 Å². The maximum atomic E-state index is 13.1. The molecule has 0 radical (unpaired) electrons. The lowest BCUT2D eigenvalue weighted by molar-refractivity contribution is 0.0880. The summed E-state index contributed by atoms with van der Waals surface area (Å²) < 4.78 is 8.01. The Kier molecular flexibility index (Phi) is 6.47. The molecule has 4 aromatic rings. The van der Waals surface area contributed by atoms with Crippen molar-refractivity contribution in [1.29, 1.82) is 0 Å². The summed E-state index contributed by atoms with van der Waals surface area (Å²) in [6.07, 6.45) is 1.41. The van der Waals surface area contributed by atoms with Gasteiger partial charge in [0, 0.05) is 47.0 Å². The van der Waals surface area contributed by atoms with Gasteiger partial charge in [0.25, 0.3) is 11.8 Å². The second kappa shape index (κ2) is 9.70. The number of fused-ring (bicyclic) bond motifs is 5. The monoisotopic (exact) mass is 491 g/mol. The zero-order chi connectivity index (χ0) is 24.5. The number of amides is 2. The lowest BCUT2D eigenvalue weighted by Gasteiger charge is -2.12. The van der Waals surface area contributed by atoms with Crippen molar-refractivity contribution in [2.24, 2.45) is 0 Å². The van der Waals surface area contributed by atoms with Crippen LogP contribution in [-0.2, 0) is 6.54 Å². The molecule has 1 aliphatic rings. The van der Waals surface area contributed by atoms with Gasteiger partial charge in [-0.05, 0) is 49.8 Å². The second-order valence-electron chi connectivity index (χ2n) is 8.54. The Labute approximate surface area is 207 Å². The normalized spacial score (nSPS) is 13.0. The van der Waals surface area contributed by atoms with Crippen molar-refractivity contribution in [2.45, 2.75) is 19.4 Å². The van der Waals surface area contributed by atoms with E-state index in [2.05, 4.69) is 15.2 Å². The van der Waals surface area contributed by atoms with Gasteiger partial charge in [0.15, 0.2) is 0 Å². The first-order valence-corrected chi connectivity index (χ1v) is 12.0. The van der Waals surface area contributed by atoms with Crippen LogP contribution in [0.4, 0.5) is 0 Å². The van der Waals surface area contributed by atoms with Crippen LogP contribution in [0.25, 0.3) is 32.9 Å². The highest BCUT2D eigenvalue weighted by Gasteiger charge is 2.34. The number of halogens is 1. The van der Waals surface area contributed by atoms with Gasteiger partial charge in [0.1, 0.15) is 5.75 Å². The molecular formula is C27H26ClN3O4. The van der Waals surface area contributed by atoms with Crippen LogP contribution in [0.15, 0.2) is 48.5 Å². The maximum absolute atomic E-state index is 13.1. The molecule has 0 atom stereocenters. The predicted molar refractivity (Wildman–Crippen MR) is 137 cm³/mol. The second-order valence-corrected chi connectivity index (χ2v) is 8.95. The van der Waals surface area contributed by atoms with Gasteiger partial charge in [0.2, 0.25) is 0 Å². The fourth-order valence-electron chi connectivity index (χ4n) is 4.81. The van der Waals surface area contributed by atoms with Gasteiger partial charge >= 0.3 is 0 Å². The molecule has 3 N–H and O–H groups in total. The Morgan fingerprint density at radius 2 is 1.80 bits per heavy atom. The van der Waals surface area contributed by atoms with E-state index in [4.69, 9.17) is 21.4 Å². The van der Waals surface area contributed by atoms with E-state index >= 15 is 0 Å². The fraction of sp³-hybridized carbons (Fsp3) is 0.259. The van der Waals surface area contributed by atoms with E-state index in [1.165, 1.54) is 0 Å². The third-order valence-electron chi connectivity index (χ3n) is 6.35. The number of aliphatic hydroxyl groups is 1. The minimum Gasteiger partial charge on any atom is -0.493 e.